The van der Waals surface area contributed by atoms with Gasteiger partial charge in [0.05, 0.1) is 6.04 Å². The Morgan fingerprint density at radius 2 is 2.33 bits per heavy atom. The van der Waals surface area contributed by atoms with Crippen LogP contribution in [0.4, 0.5) is 0 Å². The zero-order chi connectivity index (χ0) is 4.57. The molecule has 0 spiro atoms. The number of hydrogen-bond donors (Lipinski definition) is 1. The Balaban J connectivity index is 2.67. The topological polar surface area (TPSA) is 43.1 Å². The highest BCUT2D eigenvalue weighted by Crippen LogP contribution is 1.96. The van der Waals surface area contributed by atoms with Crippen molar-refractivity contribution in [2.45, 2.75) is 6.04 Å². The van der Waals surface area contributed by atoms with Crippen LogP contribution in [0.1, 0.15) is 0 Å². The van der Waals surface area contributed by atoms with Gasteiger partial charge in [-0.1, -0.05) is 6.08 Å². The molecule has 0 saturated heterocycles. The normalized spacial score (nSPS) is 30.2. The number of nitrogens with two attached hydrogens (primary N) is 1. The molecule has 2 N–H and O–H groups in total. The lowest BCUT2D eigenvalue weighted by molar-refractivity contribution is -0.116. The number of carbonyl (C=O) groups excluding carboxylic acids is 1. The number of rotatable bonds is 0. The van der Waals surface area contributed by atoms with E-state index in [1.165, 1.54) is 6.08 Å². The predicted molar refractivity (Wildman–Crippen MR) is 22.1 cm³/mol. The maximum atomic E-state index is 10.0. The van der Waals surface area contributed by atoms with Crippen LogP contribution in [-0.2, 0) is 4.79 Å². The van der Waals surface area contributed by atoms with Crippen LogP contribution in [0.2, 0.25) is 0 Å². The average molecular weight is 83.1 g/mol. The first-order valence-electron chi connectivity index (χ1n) is 1.78. The van der Waals surface area contributed by atoms with Gasteiger partial charge in [0.1, 0.15) is 0 Å². The molecule has 0 saturated carbocycles. The quantitative estimate of drug-likeness (QED) is 0.427. The summed E-state index contributed by atoms with van der Waals surface area (Å²) in [6.07, 6.45) is 3.15. The van der Waals surface area contributed by atoms with E-state index in [4.69, 9.17) is 5.73 Å². The molecule has 1 atom stereocenters. The third-order valence-electron chi connectivity index (χ3n) is 0.796. The standard InChI is InChI=1S/C4H5NO/c5-3-1-2-4(3)6/h1-3H,5H2. The molecule has 0 aromatic rings. The molecule has 1 aliphatic rings. The highest BCUT2D eigenvalue weighted by molar-refractivity contribution is 6.01. The fourth-order valence-corrected chi connectivity index (χ4v) is 0.286. The number of ketones is 1. The van der Waals surface area contributed by atoms with Gasteiger partial charge in [-0.2, -0.15) is 0 Å². The molecule has 1 rings (SSSR count). The third kappa shape index (κ3) is 0.270. The van der Waals surface area contributed by atoms with Crippen molar-refractivity contribution in [1.29, 1.82) is 0 Å². The highest BCUT2D eigenvalue weighted by atomic mass is 16.1. The average Bonchev–Trinajstić information content (AvgIpc) is 1.61. The summed E-state index contributed by atoms with van der Waals surface area (Å²) in [5, 5.41) is 0. The third-order valence-corrected chi connectivity index (χ3v) is 0.796. The van der Waals surface area contributed by atoms with E-state index in [0.717, 1.165) is 0 Å². The van der Waals surface area contributed by atoms with Gasteiger partial charge in [0.25, 0.3) is 0 Å². The van der Waals surface area contributed by atoms with Gasteiger partial charge in [0, 0.05) is 0 Å². The van der Waals surface area contributed by atoms with Crippen molar-refractivity contribution in [2.24, 2.45) is 5.73 Å². The van der Waals surface area contributed by atoms with Gasteiger partial charge < -0.3 is 5.73 Å². The monoisotopic (exact) mass is 83.0 g/mol. The van der Waals surface area contributed by atoms with Crippen LogP contribution in [0.5, 0.6) is 0 Å². The van der Waals surface area contributed by atoms with Crippen molar-refractivity contribution in [1.82, 2.24) is 0 Å². The Bertz CT molecular complexity index is 106. The van der Waals surface area contributed by atoms with Crippen molar-refractivity contribution in [3.8, 4) is 0 Å². The van der Waals surface area contributed by atoms with Crippen LogP contribution in [0, 0.1) is 0 Å². The molecule has 1 aliphatic carbocycles. The molecule has 0 heterocycles. The molecule has 0 amide bonds. The summed E-state index contributed by atoms with van der Waals surface area (Å²) in [5.74, 6) is 0.0370. The SMILES string of the molecule is NC1C=CC1=O. The van der Waals surface area contributed by atoms with E-state index in [2.05, 4.69) is 0 Å². The fraction of sp³-hybridized carbons (Fsp3) is 0.250. The van der Waals surface area contributed by atoms with Crippen molar-refractivity contribution in [3.63, 3.8) is 0 Å². The summed E-state index contributed by atoms with van der Waals surface area (Å²) in [7, 11) is 0. The zero-order valence-electron chi connectivity index (χ0n) is 3.22. The minimum atomic E-state index is -0.287. The minimum Gasteiger partial charge on any atom is -0.318 e. The van der Waals surface area contributed by atoms with Crippen molar-refractivity contribution in [3.05, 3.63) is 12.2 Å². The molecule has 0 radical (unpaired) electrons. The number of carbonyl (C=O) groups is 1. The Morgan fingerprint density at radius 3 is 2.33 bits per heavy atom. The van der Waals surface area contributed by atoms with Crippen LogP contribution in [-0.4, -0.2) is 11.8 Å². The minimum absolute atomic E-state index is 0.0370. The molecule has 2 nitrogen and oxygen atoms in total. The Hall–Kier alpha value is -0.630. The van der Waals surface area contributed by atoms with Gasteiger partial charge in [-0.25, -0.2) is 0 Å². The maximum Gasteiger partial charge on any atom is 0.176 e. The summed E-state index contributed by atoms with van der Waals surface area (Å²) >= 11 is 0. The maximum absolute atomic E-state index is 10.0. The van der Waals surface area contributed by atoms with E-state index in [1.807, 2.05) is 0 Å². The summed E-state index contributed by atoms with van der Waals surface area (Å²) in [4.78, 5) is 10.0. The van der Waals surface area contributed by atoms with E-state index < -0.39 is 0 Å². The summed E-state index contributed by atoms with van der Waals surface area (Å²) in [6, 6.07) is -0.287. The van der Waals surface area contributed by atoms with E-state index in [-0.39, 0.29) is 11.8 Å². The Morgan fingerprint density at radius 1 is 1.83 bits per heavy atom. The van der Waals surface area contributed by atoms with Gasteiger partial charge in [-0.05, 0) is 6.08 Å². The molecule has 1 unspecified atom stereocenters. The fourth-order valence-electron chi connectivity index (χ4n) is 0.286. The molecule has 0 aromatic carbocycles. The Kier molecular flexibility index (Phi) is 0.542. The van der Waals surface area contributed by atoms with Gasteiger partial charge in [0.15, 0.2) is 5.78 Å². The predicted octanol–water partition coefficient (Wildman–Crippen LogP) is -0.547. The Labute approximate surface area is 35.6 Å². The van der Waals surface area contributed by atoms with Crippen LogP contribution < -0.4 is 5.73 Å². The second-order valence-corrected chi connectivity index (χ2v) is 1.29. The van der Waals surface area contributed by atoms with Gasteiger partial charge in [0.2, 0.25) is 0 Å². The smallest absolute Gasteiger partial charge is 0.176 e. The van der Waals surface area contributed by atoms with Crippen LogP contribution in [0.15, 0.2) is 12.2 Å². The second kappa shape index (κ2) is 0.914. The van der Waals surface area contributed by atoms with E-state index in [1.54, 1.807) is 6.08 Å². The lowest BCUT2D eigenvalue weighted by Gasteiger charge is -2.07. The summed E-state index contributed by atoms with van der Waals surface area (Å²) in [5.41, 5.74) is 5.09. The van der Waals surface area contributed by atoms with E-state index in [9.17, 15) is 4.79 Å². The molecule has 0 bridgehead atoms. The van der Waals surface area contributed by atoms with Crippen molar-refractivity contribution >= 4 is 5.78 Å². The molecule has 0 fully saturated rings. The first kappa shape index (κ1) is 3.56. The lowest BCUT2D eigenvalue weighted by atomic mass is 10.0. The van der Waals surface area contributed by atoms with Crippen molar-refractivity contribution < 1.29 is 4.79 Å². The molecule has 6 heavy (non-hydrogen) atoms. The van der Waals surface area contributed by atoms with Crippen LogP contribution >= 0.6 is 0 Å². The molecule has 0 aromatic heterocycles. The first-order valence-corrected chi connectivity index (χ1v) is 1.78. The summed E-state index contributed by atoms with van der Waals surface area (Å²) < 4.78 is 0. The van der Waals surface area contributed by atoms with Crippen LogP contribution in [0.3, 0.4) is 0 Å². The van der Waals surface area contributed by atoms with Gasteiger partial charge in [-0.3, -0.25) is 4.79 Å². The highest BCUT2D eigenvalue weighted by Gasteiger charge is 2.13. The van der Waals surface area contributed by atoms with E-state index >= 15 is 0 Å². The van der Waals surface area contributed by atoms with Crippen molar-refractivity contribution in [2.75, 3.05) is 0 Å². The van der Waals surface area contributed by atoms with Crippen LogP contribution in [0.25, 0.3) is 0 Å². The molecule has 2 heteroatoms. The first-order chi connectivity index (χ1) is 2.80. The zero-order valence-corrected chi connectivity index (χ0v) is 3.22. The molecular weight excluding hydrogens is 78.0 g/mol. The lowest BCUT2D eigenvalue weighted by Crippen LogP contribution is -2.33. The molecular formula is C4H5NO. The van der Waals surface area contributed by atoms with Gasteiger partial charge >= 0.3 is 0 Å². The summed E-state index contributed by atoms with van der Waals surface area (Å²) in [6.45, 7) is 0. The van der Waals surface area contributed by atoms with E-state index in [0.29, 0.717) is 0 Å². The van der Waals surface area contributed by atoms with Gasteiger partial charge in [-0.15, -0.1) is 0 Å². The number of hydrogen-bond acceptors (Lipinski definition) is 2. The second-order valence-electron chi connectivity index (χ2n) is 1.29. The molecule has 32 valence electrons. The molecule has 0 aliphatic heterocycles. The largest absolute Gasteiger partial charge is 0.318 e.